The quantitative estimate of drug-likeness (QED) is 0.181. The average Bonchev–Trinajstić information content (AvgIpc) is 2.82. The zero-order chi connectivity index (χ0) is 24.2. The van der Waals surface area contributed by atoms with E-state index in [1.807, 2.05) is 6.92 Å². The van der Waals surface area contributed by atoms with Crippen molar-refractivity contribution in [3.05, 3.63) is 65.0 Å². The van der Waals surface area contributed by atoms with Gasteiger partial charge in [0, 0.05) is 19.6 Å². The van der Waals surface area contributed by atoms with Crippen LogP contribution in [-0.4, -0.2) is 60.7 Å². The van der Waals surface area contributed by atoms with E-state index in [9.17, 15) is 14.0 Å². The van der Waals surface area contributed by atoms with Gasteiger partial charge in [-0.1, -0.05) is 12.7 Å². The molecule has 4 N–H and O–H groups in total. The molecular weight excluding hydrogens is 434 g/mol. The second kappa shape index (κ2) is 15.1. The molecule has 1 atom stereocenters. The SMILES string of the molecule is C[CH-]CO.[CH-]=NN=[C-]C1=CC=CC(NC(=O)c2cc3c(cc2F)CCN(C(=O)NCC)C3)N1.[Li+]. The number of halogens is 1. The number of aliphatic hydroxyl groups excluding tert-OH is 1. The van der Waals surface area contributed by atoms with E-state index in [1.54, 1.807) is 36.5 Å². The molecule has 178 valence electrons. The fraction of sp³-hybridized carbons (Fsp3) is 0.348. The number of hydrogen-bond acceptors (Lipinski definition) is 6. The van der Waals surface area contributed by atoms with E-state index in [0.717, 1.165) is 11.1 Å². The van der Waals surface area contributed by atoms with E-state index in [1.165, 1.54) is 12.1 Å². The van der Waals surface area contributed by atoms with Gasteiger partial charge in [0.25, 0.3) is 5.91 Å². The predicted octanol–water partition coefficient (Wildman–Crippen LogP) is -1.34. The Hall–Kier alpha value is -2.93. The number of amides is 3. The Labute approximate surface area is 211 Å². The zero-order valence-corrected chi connectivity index (χ0v) is 19.6. The van der Waals surface area contributed by atoms with E-state index in [-0.39, 0.29) is 37.1 Å². The molecule has 2 aliphatic rings. The summed E-state index contributed by atoms with van der Waals surface area (Å²) in [5, 5.41) is 22.7. The van der Waals surface area contributed by atoms with E-state index >= 15 is 0 Å². The van der Waals surface area contributed by atoms with E-state index in [4.69, 9.17) is 11.8 Å². The first-order chi connectivity index (χ1) is 15.9. The fourth-order valence-electron chi connectivity index (χ4n) is 3.17. The summed E-state index contributed by atoms with van der Waals surface area (Å²) in [5.41, 5.74) is 1.95. The minimum Gasteiger partial charge on any atom is -0.428 e. The summed E-state index contributed by atoms with van der Waals surface area (Å²) in [4.78, 5) is 26.4. The molecule has 0 aromatic heterocycles. The van der Waals surface area contributed by atoms with Crippen LogP contribution < -0.4 is 34.8 Å². The maximum atomic E-state index is 14.5. The first kappa shape index (κ1) is 29.1. The van der Waals surface area contributed by atoms with Gasteiger partial charge in [-0.15, -0.1) is 18.0 Å². The Morgan fingerprint density at radius 3 is 2.79 bits per heavy atom. The maximum absolute atomic E-state index is 14.5. The van der Waals surface area contributed by atoms with Crippen molar-refractivity contribution in [2.45, 2.75) is 33.0 Å². The zero-order valence-electron chi connectivity index (χ0n) is 19.6. The number of dihydropyridines is 1. The van der Waals surface area contributed by atoms with Crippen LogP contribution in [0.3, 0.4) is 0 Å². The number of aliphatic hydroxyl groups is 1. The van der Waals surface area contributed by atoms with Gasteiger partial charge in [0.1, 0.15) is 12.0 Å². The normalized spacial score (nSPS) is 16.2. The van der Waals surface area contributed by atoms with Gasteiger partial charge in [0.2, 0.25) is 0 Å². The monoisotopic (exact) mass is 462 g/mol. The molecule has 0 saturated carbocycles. The third-order valence-corrected chi connectivity index (χ3v) is 4.74. The third kappa shape index (κ3) is 8.45. The summed E-state index contributed by atoms with van der Waals surface area (Å²) in [6.07, 6.45) is 9.25. The van der Waals surface area contributed by atoms with Crippen molar-refractivity contribution in [2.24, 2.45) is 10.2 Å². The summed E-state index contributed by atoms with van der Waals surface area (Å²) in [5.74, 6) is -1.18. The molecule has 0 radical (unpaired) electrons. The molecule has 11 heteroatoms. The number of carbonyl (C=O) groups is 2. The van der Waals surface area contributed by atoms with Crippen molar-refractivity contribution in [3.63, 3.8) is 0 Å². The number of benzene rings is 1. The Balaban J connectivity index is 0.00000107. The van der Waals surface area contributed by atoms with Gasteiger partial charge in [-0.2, -0.15) is 13.0 Å². The topological polar surface area (TPSA) is 118 Å². The van der Waals surface area contributed by atoms with E-state index < -0.39 is 17.9 Å². The van der Waals surface area contributed by atoms with Gasteiger partial charge >= 0.3 is 24.9 Å². The second-order valence-electron chi connectivity index (χ2n) is 7.09. The van der Waals surface area contributed by atoms with Crippen LogP contribution in [0.2, 0.25) is 0 Å². The Kier molecular flexibility index (Phi) is 12.9. The minimum atomic E-state index is -0.599. The van der Waals surface area contributed by atoms with Crippen LogP contribution in [0.25, 0.3) is 0 Å². The molecule has 9 nitrogen and oxygen atoms in total. The molecule has 0 bridgehead atoms. The van der Waals surface area contributed by atoms with Crippen molar-refractivity contribution in [3.8, 4) is 0 Å². The number of rotatable bonds is 6. The molecule has 1 aromatic rings. The molecule has 0 aliphatic carbocycles. The van der Waals surface area contributed by atoms with Gasteiger partial charge in [0.05, 0.1) is 5.56 Å². The third-order valence-electron chi connectivity index (χ3n) is 4.74. The number of nitrogens with zero attached hydrogens (tertiary/aromatic N) is 3. The van der Waals surface area contributed by atoms with Crippen LogP contribution in [0.4, 0.5) is 9.18 Å². The Bertz CT molecular complexity index is 949. The average molecular weight is 462 g/mol. The van der Waals surface area contributed by atoms with Crippen molar-refractivity contribution in [1.29, 1.82) is 0 Å². The summed E-state index contributed by atoms with van der Waals surface area (Å²) >= 11 is 0. The number of fused-ring (bicyclic) bond motifs is 1. The summed E-state index contributed by atoms with van der Waals surface area (Å²) in [6.45, 7) is 10.1. The molecule has 2 heterocycles. The second-order valence-corrected chi connectivity index (χ2v) is 7.09. The van der Waals surface area contributed by atoms with Crippen LogP contribution in [-0.2, 0) is 13.0 Å². The van der Waals surface area contributed by atoms with E-state index in [0.29, 0.717) is 31.8 Å². The minimum absolute atomic E-state index is 0. The molecule has 1 aromatic carbocycles. The standard InChI is InChI=1S/C20H21FN6O2.C3H7O.Li/c1-3-23-20(29)27-8-7-13-10-17(21)16(9-14(13)12-27)19(28)26-18-6-4-5-15(25-18)11-24-22-2;1-2-3-4;/h2,4-6,9-10,18,25H,3,7-8,12H2,1H3,(H,23,29)(H,26,28);2,4H,3H2,1H3;/q-2;-1;+1. The molecule has 3 rings (SSSR count). The van der Waals surface area contributed by atoms with Crippen LogP contribution in [0.5, 0.6) is 0 Å². The number of urea groups is 1. The van der Waals surface area contributed by atoms with Crippen LogP contribution >= 0.6 is 0 Å². The van der Waals surface area contributed by atoms with Gasteiger partial charge in [-0.25, -0.2) is 9.18 Å². The summed E-state index contributed by atoms with van der Waals surface area (Å²) in [6, 6.07) is 2.71. The summed E-state index contributed by atoms with van der Waals surface area (Å²) in [7, 11) is 0. The molecule has 1 unspecified atom stereocenters. The molecule has 0 spiro atoms. The first-order valence-corrected chi connectivity index (χ1v) is 10.5. The van der Waals surface area contributed by atoms with Crippen molar-refractivity contribution < 1.29 is 37.9 Å². The summed E-state index contributed by atoms with van der Waals surface area (Å²) < 4.78 is 14.5. The van der Waals surface area contributed by atoms with Crippen molar-refractivity contribution >= 4 is 24.9 Å². The van der Waals surface area contributed by atoms with Crippen molar-refractivity contribution in [1.82, 2.24) is 20.9 Å². The first-order valence-electron chi connectivity index (χ1n) is 10.5. The molecule has 34 heavy (non-hydrogen) atoms. The Morgan fingerprint density at radius 1 is 1.41 bits per heavy atom. The molecule has 2 aliphatic heterocycles. The largest absolute Gasteiger partial charge is 1.00 e. The van der Waals surface area contributed by atoms with Gasteiger partial charge < -0.3 is 49.3 Å². The van der Waals surface area contributed by atoms with Gasteiger partial charge in [0.15, 0.2) is 0 Å². The predicted molar refractivity (Wildman–Crippen MR) is 124 cm³/mol. The van der Waals surface area contributed by atoms with Crippen LogP contribution in [0.1, 0.15) is 35.3 Å². The number of carbonyl (C=O) groups excluding carboxylic acids is 2. The van der Waals surface area contributed by atoms with Crippen LogP contribution in [0.15, 0.2) is 46.3 Å². The van der Waals surface area contributed by atoms with E-state index in [2.05, 4.69) is 32.4 Å². The van der Waals surface area contributed by atoms with Gasteiger partial charge in [-0.05, 0) is 36.6 Å². The Morgan fingerprint density at radius 2 is 2.15 bits per heavy atom. The molecular formula is C23H28FLiN6O3-2. The molecule has 0 saturated heterocycles. The number of hydrogen-bond donors (Lipinski definition) is 4. The maximum Gasteiger partial charge on any atom is 1.00 e. The smallest absolute Gasteiger partial charge is 0.428 e. The van der Waals surface area contributed by atoms with Crippen LogP contribution in [0, 0.1) is 12.2 Å². The number of nitrogens with one attached hydrogen (secondary N) is 3. The number of allylic oxidation sites excluding steroid dienone is 3. The fourth-order valence-corrected chi connectivity index (χ4v) is 3.17. The van der Waals surface area contributed by atoms with Crippen molar-refractivity contribution in [2.75, 3.05) is 19.7 Å². The van der Waals surface area contributed by atoms with Gasteiger partial charge in [-0.3, -0.25) is 4.79 Å². The molecule has 3 amide bonds. The molecule has 0 fully saturated rings.